The van der Waals surface area contributed by atoms with Crippen LogP contribution < -0.4 is 9.64 Å². The second-order valence-corrected chi connectivity index (χ2v) is 9.98. The predicted molar refractivity (Wildman–Crippen MR) is 140 cm³/mol. The number of nitrogens with zero attached hydrogens (tertiary/aromatic N) is 3. The number of anilines is 1. The van der Waals surface area contributed by atoms with Gasteiger partial charge < -0.3 is 19.0 Å². The lowest BCUT2D eigenvalue weighted by Gasteiger charge is -2.35. The van der Waals surface area contributed by atoms with E-state index in [9.17, 15) is 9.59 Å². The largest absolute Gasteiger partial charge is 0.482 e. The summed E-state index contributed by atoms with van der Waals surface area (Å²) in [5.41, 5.74) is 3.54. The molecular weight excluding hydrogens is 501 g/mol. The van der Waals surface area contributed by atoms with Crippen molar-refractivity contribution in [2.24, 2.45) is 0 Å². The molecule has 1 saturated heterocycles. The van der Waals surface area contributed by atoms with E-state index in [1.54, 1.807) is 36.6 Å². The number of rotatable bonds is 7. The molecular formula is C27H27Cl2N3O4. The van der Waals surface area contributed by atoms with Crippen molar-refractivity contribution >= 4 is 40.7 Å². The lowest BCUT2D eigenvalue weighted by Crippen LogP contribution is -2.47. The minimum absolute atomic E-state index is 0.118. The molecule has 5 rings (SSSR count). The molecule has 3 heterocycles. The van der Waals surface area contributed by atoms with Crippen LogP contribution in [0.2, 0.25) is 10.0 Å². The van der Waals surface area contributed by atoms with Crippen molar-refractivity contribution in [1.82, 2.24) is 9.80 Å². The molecule has 36 heavy (non-hydrogen) atoms. The number of carbonyl (C=O) groups is 2. The summed E-state index contributed by atoms with van der Waals surface area (Å²) in [4.78, 5) is 31.8. The highest BCUT2D eigenvalue weighted by molar-refractivity contribution is 6.42. The van der Waals surface area contributed by atoms with Gasteiger partial charge in [-0.25, -0.2) is 0 Å². The van der Waals surface area contributed by atoms with E-state index in [2.05, 4.69) is 17.0 Å². The maximum atomic E-state index is 13.6. The van der Waals surface area contributed by atoms with E-state index >= 15 is 0 Å². The number of ether oxygens (including phenoxy) is 1. The summed E-state index contributed by atoms with van der Waals surface area (Å²) in [5.74, 6) is -0.0449. The maximum absolute atomic E-state index is 13.6. The normalized spacial score (nSPS) is 16.5. The summed E-state index contributed by atoms with van der Waals surface area (Å²) >= 11 is 12.3. The van der Waals surface area contributed by atoms with E-state index in [0.717, 1.165) is 49.2 Å². The lowest BCUT2D eigenvalue weighted by molar-refractivity contribution is -0.133. The fraction of sp³-hybridized carbons (Fsp3) is 0.333. The van der Waals surface area contributed by atoms with Crippen LogP contribution in [0.1, 0.15) is 24.4 Å². The number of fused-ring (bicyclic) bond motifs is 1. The third-order valence-electron chi connectivity index (χ3n) is 6.88. The predicted octanol–water partition coefficient (Wildman–Crippen LogP) is 5.27. The zero-order chi connectivity index (χ0) is 25.2. The standard InChI is InChI=1S/C27H27Cl2N3O4/c1-30(26(33)15-32-23-12-21(28)22(29)13-25(23)36-17-27(32)34)24(14-31-9-2-3-10-31)19-6-4-18(5-7-19)20-8-11-35-16-20/h4-8,11-13,16,24H,2-3,9-10,14-15,17H2,1H3. The first-order chi connectivity index (χ1) is 17.4. The number of amides is 2. The van der Waals surface area contributed by atoms with Crippen LogP contribution in [0, 0.1) is 0 Å². The van der Waals surface area contributed by atoms with Crippen LogP contribution >= 0.6 is 23.2 Å². The van der Waals surface area contributed by atoms with Crippen molar-refractivity contribution in [2.75, 3.05) is 44.7 Å². The highest BCUT2D eigenvalue weighted by Crippen LogP contribution is 2.39. The number of hydrogen-bond donors (Lipinski definition) is 0. The van der Waals surface area contributed by atoms with Gasteiger partial charge in [0.15, 0.2) is 6.61 Å². The molecule has 0 radical (unpaired) electrons. The summed E-state index contributed by atoms with van der Waals surface area (Å²) in [6.45, 7) is 2.48. The van der Waals surface area contributed by atoms with Crippen LogP contribution in [-0.4, -0.2) is 61.4 Å². The summed E-state index contributed by atoms with van der Waals surface area (Å²) in [7, 11) is 1.80. The van der Waals surface area contributed by atoms with Crippen molar-refractivity contribution in [3.8, 4) is 16.9 Å². The van der Waals surface area contributed by atoms with Gasteiger partial charge >= 0.3 is 0 Å². The van der Waals surface area contributed by atoms with E-state index in [-0.39, 0.29) is 31.0 Å². The quantitative estimate of drug-likeness (QED) is 0.418. The van der Waals surface area contributed by atoms with Crippen LogP contribution in [0.15, 0.2) is 59.4 Å². The molecule has 7 nitrogen and oxygen atoms in total. The van der Waals surface area contributed by atoms with Crippen molar-refractivity contribution in [1.29, 1.82) is 0 Å². The van der Waals surface area contributed by atoms with Crippen LogP contribution in [0.5, 0.6) is 5.75 Å². The van der Waals surface area contributed by atoms with Gasteiger partial charge in [-0.15, -0.1) is 0 Å². The molecule has 0 bridgehead atoms. The van der Waals surface area contributed by atoms with Gasteiger partial charge in [0.1, 0.15) is 12.3 Å². The Balaban J connectivity index is 1.39. The Kier molecular flexibility index (Phi) is 7.23. The molecule has 1 aromatic heterocycles. The average molecular weight is 528 g/mol. The van der Waals surface area contributed by atoms with E-state index < -0.39 is 0 Å². The third-order valence-corrected chi connectivity index (χ3v) is 7.60. The van der Waals surface area contributed by atoms with Crippen molar-refractivity contribution in [3.63, 3.8) is 0 Å². The minimum atomic E-state index is -0.303. The minimum Gasteiger partial charge on any atom is -0.482 e. The van der Waals surface area contributed by atoms with Crippen LogP contribution in [0.4, 0.5) is 5.69 Å². The molecule has 2 amide bonds. The molecule has 9 heteroatoms. The molecule has 1 unspecified atom stereocenters. The number of benzene rings is 2. The van der Waals surface area contributed by atoms with Gasteiger partial charge in [-0.1, -0.05) is 47.5 Å². The van der Waals surface area contributed by atoms with Gasteiger partial charge in [-0.05, 0) is 49.2 Å². The first-order valence-corrected chi connectivity index (χ1v) is 12.7. The van der Waals surface area contributed by atoms with Crippen LogP contribution in [-0.2, 0) is 9.59 Å². The number of likely N-dealkylation sites (N-methyl/N-ethyl adjacent to an activating group) is 1. The smallest absolute Gasteiger partial charge is 0.265 e. The van der Waals surface area contributed by atoms with Gasteiger partial charge in [0.25, 0.3) is 5.91 Å². The maximum Gasteiger partial charge on any atom is 0.265 e. The number of halogens is 2. The van der Waals surface area contributed by atoms with Gasteiger partial charge in [0.2, 0.25) is 5.91 Å². The number of furan rings is 1. The molecule has 2 aliphatic heterocycles. The van der Waals surface area contributed by atoms with Crippen molar-refractivity contribution in [2.45, 2.75) is 18.9 Å². The zero-order valence-corrected chi connectivity index (χ0v) is 21.5. The Morgan fingerprint density at radius 1 is 1.06 bits per heavy atom. The monoisotopic (exact) mass is 527 g/mol. The Bertz CT molecular complexity index is 1240. The Morgan fingerprint density at radius 3 is 2.47 bits per heavy atom. The lowest BCUT2D eigenvalue weighted by atomic mass is 10.0. The number of carbonyl (C=O) groups excluding carboxylic acids is 2. The molecule has 1 atom stereocenters. The fourth-order valence-electron chi connectivity index (χ4n) is 4.78. The molecule has 1 fully saturated rings. The number of likely N-dealkylation sites (tertiary alicyclic amines) is 1. The topological polar surface area (TPSA) is 66.2 Å². The van der Waals surface area contributed by atoms with Gasteiger partial charge in [0.05, 0.1) is 34.3 Å². The fourth-order valence-corrected chi connectivity index (χ4v) is 5.09. The molecule has 2 aliphatic rings. The SMILES string of the molecule is CN(C(=O)CN1C(=O)COc2cc(Cl)c(Cl)cc21)C(CN1CCCC1)c1ccc(-c2ccoc2)cc1. The molecule has 0 N–H and O–H groups in total. The Labute approximate surface area is 220 Å². The van der Waals surface area contributed by atoms with Crippen molar-refractivity contribution < 1.29 is 18.7 Å². The van der Waals surface area contributed by atoms with E-state index in [1.807, 2.05) is 18.2 Å². The molecule has 0 spiro atoms. The first-order valence-electron chi connectivity index (χ1n) is 11.9. The van der Waals surface area contributed by atoms with E-state index in [1.165, 1.54) is 4.90 Å². The molecule has 188 valence electrons. The van der Waals surface area contributed by atoms with Crippen LogP contribution in [0.3, 0.4) is 0 Å². The molecule has 3 aromatic rings. The summed E-state index contributed by atoms with van der Waals surface area (Å²) in [5, 5.41) is 0.627. The Morgan fingerprint density at radius 2 is 1.78 bits per heavy atom. The van der Waals surface area contributed by atoms with E-state index in [4.69, 9.17) is 32.4 Å². The van der Waals surface area contributed by atoms with Crippen LogP contribution in [0.25, 0.3) is 11.1 Å². The highest BCUT2D eigenvalue weighted by Gasteiger charge is 2.32. The van der Waals surface area contributed by atoms with E-state index in [0.29, 0.717) is 21.5 Å². The first kappa shape index (κ1) is 24.7. The summed E-state index contributed by atoms with van der Waals surface area (Å²) in [6.07, 6.45) is 5.68. The third kappa shape index (κ3) is 5.09. The molecule has 0 saturated carbocycles. The highest BCUT2D eigenvalue weighted by atomic mass is 35.5. The van der Waals surface area contributed by atoms with Gasteiger partial charge in [-0.3, -0.25) is 14.5 Å². The summed E-state index contributed by atoms with van der Waals surface area (Å²) in [6, 6.07) is 13.1. The summed E-state index contributed by atoms with van der Waals surface area (Å²) < 4.78 is 10.7. The molecule has 2 aromatic carbocycles. The average Bonchev–Trinajstić information content (AvgIpc) is 3.60. The van der Waals surface area contributed by atoms with Gasteiger partial charge in [0, 0.05) is 25.2 Å². The van der Waals surface area contributed by atoms with Gasteiger partial charge in [-0.2, -0.15) is 0 Å². The zero-order valence-electron chi connectivity index (χ0n) is 20.0. The second-order valence-electron chi connectivity index (χ2n) is 9.16. The second kappa shape index (κ2) is 10.5. The Hall–Kier alpha value is -3.00. The molecule has 0 aliphatic carbocycles. The number of hydrogen-bond acceptors (Lipinski definition) is 5. The van der Waals surface area contributed by atoms with Crippen molar-refractivity contribution in [3.05, 3.63) is 70.6 Å².